The second-order valence-corrected chi connectivity index (χ2v) is 30.3. The van der Waals surface area contributed by atoms with Crippen molar-refractivity contribution in [2.24, 2.45) is 0 Å². The summed E-state index contributed by atoms with van der Waals surface area (Å²) in [4.78, 5) is 72.9. The fourth-order valence-corrected chi connectivity index (χ4v) is 13.0. The highest BCUT2D eigenvalue weighted by Gasteiger charge is 2.30. The molecule has 0 aromatic carbocycles. The topological polar surface area (TPSA) is 237 Å². The zero-order valence-electron chi connectivity index (χ0n) is 63.0. The van der Waals surface area contributed by atoms with Gasteiger partial charge in [0.15, 0.2) is 12.2 Å². The number of aliphatic hydroxyl groups excluding tert-OH is 1. The van der Waals surface area contributed by atoms with Crippen LogP contribution < -0.4 is 0 Å². The Kier molecular flexibility index (Phi) is 70.6. The van der Waals surface area contributed by atoms with E-state index in [1.165, 1.54) is 173 Å². The molecule has 0 aromatic rings. The fraction of sp³-hybridized carbons (Fsp3) is 0.873. The van der Waals surface area contributed by atoms with Crippen LogP contribution in [0.15, 0.2) is 36.5 Å². The molecule has 576 valence electrons. The van der Waals surface area contributed by atoms with Crippen molar-refractivity contribution in [3.63, 3.8) is 0 Å². The minimum Gasteiger partial charge on any atom is -0.462 e. The van der Waals surface area contributed by atoms with Crippen LogP contribution in [0.4, 0.5) is 0 Å². The number of allylic oxidation sites excluding steroid dienone is 6. The van der Waals surface area contributed by atoms with Gasteiger partial charge in [0.1, 0.15) is 19.3 Å². The predicted molar refractivity (Wildman–Crippen MR) is 400 cm³/mol. The zero-order valence-corrected chi connectivity index (χ0v) is 64.8. The Bertz CT molecular complexity index is 2000. The average molecular weight is 1430 g/mol. The molecular formula is C79H148O17P2. The summed E-state index contributed by atoms with van der Waals surface area (Å²) < 4.78 is 68.6. The maximum atomic E-state index is 13.1. The normalized spacial score (nSPS) is 14.1. The summed E-state index contributed by atoms with van der Waals surface area (Å²) in [5.74, 6) is -2.16. The number of carbonyl (C=O) groups excluding carboxylic acids is 4. The number of esters is 4. The molecule has 0 spiro atoms. The summed E-state index contributed by atoms with van der Waals surface area (Å²) >= 11 is 0. The molecule has 0 aromatic heterocycles. The molecule has 5 unspecified atom stereocenters. The number of unbranched alkanes of at least 4 members (excludes halogenated alkanes) is 45. The van der Waals surface area contributed by atoms with Crippen molar-refractivity contribution >= 4 is 39.5 Å². The van der Waals surface area contributed by atoms with Crippen molar-refractivity contribution in [3.05, 3.63) is 36.5 Å². The first-order valence-corrected chi connectivity index (χ1v) is 43.2. The molecule has 0 heterocycles. The lowest BCUT2D eigenvalue weighted by Crippen LogP contribution is -2.30. The summed E-state index contributed by atoms with van der Waals surface area (Å²) in [7, 11) is -9.94. The summed E-state index contributed by atoms with van der Waals surface area (Å²) in [6, 6.07) is 0. The molecule has 0 aliphatic heterocycles. The Morgan fingerprint density at radius 1 is 0.276 bits per heavy atom. The third-order valence-corrected chi connectivity index (χ3v) is 19.5. The second kappa shape index (κ2) is 72.6. The number of phosphoric ester groups is 2. The molecule has 0 saturated heterocycles. The molecule has 0 bridgehead atoms. The smallest absolute Gasteiger partial charge is 0.462 e. The quantitative estimate of drug-likeness (QED) is 0.0169. The van der Waals surface area contributed by atoms with Gasteiger partial charge in [0.25, 0.3) is 0 Å². The van der Waals surface area contributed by atoms with Gasteiger partial charge in [-0.15, -0.1) is 0 Å². The van der Waals surface area contributed by atoms with E-state index in [2.05, 4.69) is 64.2 Å². The number of hydrogen-bond acceptors (Lipinski definition) is 15. The molecule has 3 N–H and O–H groups in total. The molecule has 17 nitrogen and oxygen atoms in total. The standard InChI is InChI=1S/C79H148O17P2/c1-5-9-13-17-21-25-29-33-36-40-43-47-51-55-59-63-76(81)89-69-74(95-78(83)65-61-57-53-49-45-39-32-28-24-20-16-12-8-4)71-93-97(85,86)91-67-73(80)68-92-98(87,88)94-72-75(96-79(84)66-62-58-54-50-46-42-38-35-31-27-23-19-15-11-7-3)70-90-77(82)64-60-56-52-48-44-41-37-34-30-26-22-18-14-10-6-2/h28,32,34-35,37-38,73-75,80H,5-27,29-31,33,36,39-72H2,1-4H3,(H,85,86)(H,87,88)/b32-28-,37-34-,38-35-. The van der Waals surface area contributed by atoms with Crippen LogP contribution in [-0.2, 0) is 65.4 Å². The van der Waals surface area contributed by atoms with Gasteiger partial charge in [-0.3, -0.25) is 37.3 Å². The maximum absolute atomic E-state index is 13.1. The minimum atomic E-state index is -4.97. The molecule has 19 heteroatoms. The number of ether oxygens (including phenoxy) is 4. The fourth-order valence-electron chi connectivity index (χ4n) is 11.4. The molecule has 0 saturated carbocycles. The highest BCUT2D eigenvalue weighted by molar-refractivity contribution is 7.47. The number of phosphoric acid groups is 2. The molecule has 0 amide bonds. The lowest BCUT2D eigenvalue weighted by atomic mass is 10.0. The van der Waals surface area contributed by atoms with E-state index in [1.54, 1.807) is 0 Å². The van der Waals surface area contributed by atoms with E-state index in [1.807, 2.05) is 0 Å². The Morgan fingerprint density at radius 3 is 0.714 bits per heavy atom. The molecule has 0 radical (unpaired) electrons. The molecule has 5 atom stereocenters. The summed E-state index contributed by atoms with van der Waals surface area (Å²) in [6.45, 7) is 4.91. The van der Waals surface area contributed by atoms with E-state index >= 15 is 0 Å². The maximum Gasteiger partial charge on any atom is 0.472 e. The van der Waals surface area contributed by atoms with Crippen molar-refractivity contribution in [1.82, 2.24) is 0 Å². The minimum absolute atomic E-state index is 0.0897. The molecule has 98 heavy (non-hydrogen) atoms. The third kappa shape index (κ3) is 71.7. The Balaban J connectivity index is 5.31. The Labute approximate surface area is 598 Å². The monoisotopic (exact) mass is 1430 g/mol. The van der Waals surface area contributed by atoms with Gasteiger partial charge in [0.05, 0.1) is 26.4 Å². The van der Waals surface area contributed by atoms with Gasteiger partial charge in [-0.2, -0.15) is 0 Å². The molecule has 0 aliphatic carbocycles. The van der Waals surface area contributed by atoms with Gasteiger partial charge < -0.3 is 33.8 Å². The first-order chi connectivity index (χ1) is 47.7. The zero-order chi connectivity index (χ0) is 71.8. The van der Waals surface area contributed by atoms with Gasteiger partial charge in [-0.1, -0.05) is 295 Å². The molecular weight excluding hydrogens is 1280 g/mol. The Hall–Kier alpha value is -2.72. The van der Waals surface area contributed by atoms with Crippen LogP contribution in [0, 0.1) is 0 Å². The largest absolute Gasteiger partial charge is 0.472 e. The highest BCUT2D eigenvalue weighted by Crippen LogP contribution is 2.45. The van der Waals surface area contributed by atoms with Gasteiger partial charge in [-0.25, -0.2) is 9.13 Å². The van der Waals surface area contributed by atoms with E-state index in [0.29, 0.717) is 25.7 Å². The number of aliphatic hydroxyl groups is 1. The summed E-state index contributed by atoms with van der Waals surface area (Å²) in [5, 5.41) is 10.6. The number of hydrogen-bond donors (Lipinski definition) is 3. The van der Waals surface area contributed by atoms with Gasteiger partial charge >= 0.3 is 39.5 Å². The first kappa shape index (κ1) is 95.3. The second-order valence-electron chi connectivity index (χ2n) is 27.4. The van der Waals surface area contributed by atoms with Gasteiger partial charge in [0.2, 0.25) is 0 Å². The van der Waals surface area contributed by atoms with E-state index in [4.69, 9.17) is 37.0 Å². The van der Waals surface area contributed by atoms with Gasteiger partial charge in [-0.05, 0) is 103 Å². The van der Waals surface area contributed by atoms with Crippen molar-refractivity contribution < 1.29 is 80.2 Å². The SMILES string of the molecule is CCCCCC/C=C\CCCCCCCC(=O)OC(COC(=O)CCCCCCCCCCCCCCCCC)COP(=O)(O)OCC(O)COP(=O)(O)OCC(COC(=O)CCCCCCC/C=C\CCCCCCCC)OC(=O)CCCCCCC/C=C\CCCCCCCC. The van der Waals surface area contributed by atoms with Crippen LogP contribution >= 0.6 is 15.6 Å². The van der Waals surface area contributed by atoms with Crippen LogP contribution in [0.5, 0.6) is 0 Å². The summed E-state index contributed by atoms with van der Waals surface area (Å²) in [6.07, 6.45) is 68.3. The molecule has 0 aliphatic rings. The van der Waals surface area contributed by atoms with Gasteiger partial charge in [0, 0.05) is 25.7 Å². The van der Waals surface area contributed by atoms with Crippen LogP contribution in [-0.4, -0.2) is 96.7 Å². The Morgan fingerprint density at radius 2 is 0.469 bits per heavy atom. The lowest BCUT2D eigenvalue weighted by Gasteiger charge is -2.21. The average Bonchev–Trinajstić information content (AvgIpc) is 1.07. The van der Waals surface area contributed by atoms with E-state index < -0.39 is 97.5 Å². The van der Waals surface area contributed by atoms with E-state index in [0.717, 1.165) is 135 Å². The lowest BCUT2D eigenvalue weighted by molar-refractivity contribution is -0.161. The van der Waals surface area contributed by atoms with Crippen LogP contribution in [0.1, 0.15) is 387 Å². The summed E-state index contributed by atoms with van der Waals surface area (Å²) in [5.41, 5.74) is 0. The van der Waals surface area contributed by atoms with Crippen LogP contribution in [0.25, 0.3) is 0 Å². The molecule has 0 fully saturated rings. The van der Waals surface area contributed by atoms with Crippen LogP contribution in [0.3, 0.4) is 0 Å². The highest BCUT2D eigenvalue weighted by atomic mass is 31.2. The predicted octanol–water partition coefficient (Wildman–Crippen LogP) is 23.1. The molecule has 0 rings (SSSR count). The van der Waals surface area contributed by atoms with Crippen molar-refractivity contribution in [1.29, 1.82) is 0 Å². The number of carbonyl (C=O) groups is 4. The van der Waals surface area contributed by atoms with E-state index in [9.17, 15) is 43.2 Å². The van der Waals surface area contributed by atoms with E-state index in [-0.39, 0.29) is 25.7 Å². The van der Waals surface area contributed by atoms with Crippen LogP contribution in [0.2, 0.25) is 0 Å². The van der Waals surface area contributed by atoms with Crippen molar-refractivity contribution in [2.75, 3.05) is 39.6 Å². The van der Waals surface area contributed by atoms with Crippen molar-refractivity contribution in [2.45, 2.75) is 406 Å². The third-order valence-electron chi connectivity index (χ3n) is 17.6. The first-order valence-electron chi connectivity index (χ1n) is 40.2. The van der Waals surface area contributed by atoms with Crippen molar-refractivity contribution in [3.8, 4) is 0 Å². The number of rotatable bonds is 77.